The highest BCUT2D eigenvalue weighted by molar-refractivity contribution is 5.69. The van der Waals surface area contributed by atoms with Crippen molar-refractivity contribution in [2.45, 2.75) is 0 Å². The molecule has 1 heterocycles. The predicted molar refractivity (Wildman–Crippen MR) is 46.3 cm³/mol. The van der Waals surface area contributed by atoms with Crippen molar-refractivity contribution in [1.29, 1.82) is 0 Å². The van der Waals surface area contributed by atoms with Gasteiger partial charge in [0.2, 0.25) is 5.69 Å². The second kappa shape index (κ2) is 3.09. The Morgan fingerprint density at radius 2 is 2.08 bits per heavy atom. The van der Waals surface area contributed by atoms with E-state index in [9.17, 15) is 8.78 Å². The van der Waals surface area contributed by atoms with Crippen molar-refractivity contribution in [1.82, 2.24) is 0 Å². The summed E-state index contributed by atoms with van der Waals surface area (Å²) in [6.45, 7) is 0.641. The van der Waals surface area contributed by atoms with Crippen molar-refractivity contribution in [2.24, 2.45) is 0 Å². The molecule has 0 aliphatic carbocycles. The lowest BCUT2D eigenvalue weighted by atomic mass is 10.3. The molecule has 66 valence electrons. The molecule has 1 aromatic rings. The van der Waals surface area contributed by atoms with Crippen LogP contribution in [0.3, 0.4) is 0 Å². The molecule has 1 nitrogen and oxygen atoms in total. The van der Waals surface area contributed by atoms with Crippen molar-refractivity contribution < 1.29 is 13.4 Å². The van der Waals surface area contributed by atoms with Gasteiger partial charge in [0.1, 0.15) is 5.82 Å². The molecular weight excluding hydrogens is 172 g/mol. The summed E-state index contributed by atoms with van der Waals surface area (Å²) in [5.41, 5.74) is 0.409. The zero-order chi connectivity index (χ0) is 9.26. The topological polar surface area (TPSA) is 3.01 Å². The van der Waals surface area contributed by atoms with Crippen LogP contribution in [0.1, 0.15) is 0 Å². The molecule has 1 aliphatic heterocycles. The third kappa shape index (κ3) is 1.49. The summed E-state index contributed by atoms with van der Waals surface area (Å²) in [6.07, 6.45) is 5.50. The van der Waals surface area contributed by atoms with Gasteiger partial charge in [-0.25, -0.2) is 4.39 Å². The minimum absolute atomic E-state index is 0.409. The SMILES string of the molecule is Fc1ccc([N+]2=CC=CC2)c(F)c1. The standard InChI is InChI=1S/C10H8F2N/c11-8-3-4-10(9(12)7-8)13-5-1-2-6-13/h1-5,7H,6H2/q+1. The van der Waals surface area contributed by atoms with Crippen LogP contribution in [0.5, 0.6) is 0 Å². The maximum Gasteiger partial charge on any atom is 0.241 e. The van der Waals surface area contributed by atoms with Gasteiger partial charge in [0.05, 0.1) is 0 Å². The average Bonchev–Trinajstić information content (AvgIpc) is 2.56. The van der Waals surface area contributed by atoms with Crippen LogP contribution in [0.15, 0.2) is 30.4 Å². The number of nitrogens with zero attached hydrogens (tertiary/aromatic N) is 1. The molecular formula is C10H8F2N+. The van der Waals surface area contributed by atoms with E-state index in [0.717, 1.165) is 6.07 Å². The van der Waals surface area contributed by atoms with Crippen molar-refractivity contribution in [3.05, 3.63) is 42.0 Å². The van der Waals surface area contributed by atoms with Crippen LogP contribution in [0, 0.1) is 11.6 Å². The number of allylic oxidation sites excluding steroid dienone is 1. The van der Waals surface area contributed by atoms with Gasteiger partial charge in [0, 0.05) is 18.2 Å². The van der Waals surface area contributed by atoms with Crippen molar-refractivity contribution in [3.8, 4) is 0 Å². The highest BCUT2D eigenvalue weighted by atomic mass is 19.1. The lowest BCUT2D eigenvalue weighted by Crippen LogP contribution is -2.03. The molecule has 0 spiro atoms. The second-order valence-electron chi connectivity index (χ2n) is 2.83. The molecule has 1 aliphatic rings. The smallest absolute Gasteiger partial charge is 0.207 e. The van der Waals surface area contributed by atoms with Crippen LogP contribution in [0.2, 0.25) is 0 Å². The lowest BCUT2D eigenvalue weighted by molar-refractivity contribution is -0.421. The first-order chi connectivity index (χ1) is 6.27. The lowest BCUT2D eigenvalue weighted by Gasteiger charge is -1.97. The number of halogens is 2. The van der Waals surface area contributed by atoms with Crippen molar-refractivity contribution in [2.75, 3.05) is 6.54 Å². The van der Waals surface area contributed by atoms with Crippen LogP contribution < -0.4 is 0 Å². The normalized spacial score (nSPS) is 14.8. The molecule has 0 saturated carbocycles. The fourth-order valence-corrected chi connectivity index (χ4v) is 1.29. The van der Waals surface area contributed by atoms with Gasteiger partial charge in [-0.3, -0.25) is 0 Å². The summed E-state index contributed by atoms with van der Waals surface area (Å²) in [4.78, 5) is 0. The van der Waals surface area contributed by atoms with Gasteiger partial charge in [-0.05, 0) is 12.1 Å². The van der Waals surface area contributed by atoms with Crippen LogP contribution in [0.25, 0.3) is 0 Å². The van der Waals surface area contributed by atoms with Gasteiger partial charge < -0.3 is 0 Å². The number of benzene rings is 1. The van der Waals surface area contributed by atoms with E-state index in [-0.39, 0.29) is 0 Å². The van der Waals surface area contributed by atoms with E-state index in [1.54, 1.807) is 10.8 Å². The van der Waals surface area contributed by atoms with E-state index in [4.69, 9.17) is 0 Å². The Hall–Kier alpha value is -1.51. The molecule has 1 aromatic carbocycles. The van der Waals surface area contributed by atoms with E-state index in [0.29, 0.717) is 12.2 Å². The first-order valence-corrected chi connectivity index (χ1v) is 3.99. The van der Waals surface area contributed by atoms with Crippen molar-refractivity contribution >= 4 is 11.9 Å². The quantitative estimate of drug-likeness (QED) is 0.583. The third-order valence-electron chi connectivity index (χ3n) is 1.92. The summed E-state index contributed by atoms with van der Waals surface area (Å²) in [6, 6.07) is 3.58. The fraction of sp³-hybridized carbons (Fsp3) is 0.100. The minimum atomic E-state index is -0.548. The minimum Gasteiger partial charge on any atom is -0.207 e. The Morgan fingerprint density at radius 1 is 1.23 bits per heavy atom. The van der Waals surface area contributed by atoms with Crippen LogP contribution in [-0.4, -0.2) is 17.3 Å². The van der Waals surface area contributed by atoms with Gasteiger partial charge in [-0.15, -0.1) is 0 Å². The van der Waals surface area contributed by atoms with Crippen LogP contribution in [-0.2, 0) is 0 Å². The molecule has 0 aromatic heterocycles. The first kappa shape index (κ1) is 8.10. The van der Waals surface area contributed by atoms with E-state index < -0.39 is 11.6 Å². The van der Waals surface area contributed by atoms with Gasteiger partial charge in [-0.1, -0.05) is 0 Å². The molecule has 0 radical (unpaired) electrons. The maximum atomic E-state index is 13.2. The number of rotatable bonds is 1. The Labute approximate surface area is 74.6 Å². The maximum absolute atomic E-state index is 13.2. The third-order valence-corrected chi connectivity index (χ3v) is 1.92. The molecule has 0 unspecified atom stereocenters. The first-order valence-electron chi connectivity index (χ1n) is 3.99. The van der Waals surface area contributed by atoms with Gasteiger partial charge in [-0.2, -0.15) is 8.97 Å². The Kier molecular flexibility index (Phi) is 1.93. The molecule has 13 heavy (non-hydrogen) atoms. The zero-order valence-corrected chi connectivity index (χ0v) is 6.87. The van der Waals surface area contributed by atoms with E-state index in [2.05, 4.69) is 0 Å². The molecule has 2 rings (SSSR count). The van der Waals surface area contributed by atoms with Crippen molar-refractivity contribution in [3.63, 3.8) is 0 Å². The Morgan fingerprint density at radius 3 is 2.69 bits per heavy atom. The largest absolute Gasteiger partial charge is 0.241 e. The molecule has 0 atom stereocenters. The van der Waals surface area contributed by atoms with Gasteiger partial charge >= 0.3 is 0 Å². The summed E-state index contributed by atoms with van der Waals surface area (Å²) in [5, 5.41) is 0. The highest BCUT2D eigenvalue weighted by Gasteiger charge is 2.15. The second-order valence-corrected chi connectivity index (χ2v) is 2.83. The molecule has 0 N–H and O–H groups in total. The van der Waals surface area contributed by atoms with E-state index in [1.807, 2.05) is 12.2 Å². The van der Waals surface area contributed by atoms with Crippen LogP contribution in [0.4, 0.5) is 14.5 Å². The van der Waals surface area contributed by atoms with Crippen LogP contribution >= 0.6 is 0 Å². The van der Waals surface area contributed by atoms with E-state index in [1.165, 1.54) is 12.1 Å². The average molecular weight is 180 g/mol. The zero-order valence-electron chi connectivity index (χ0n) is 6.87. The Balaban J connectivity index is 2.41. The molecule has 0 bridgehead atoms. The number of hydrogen-bond donors (Lipinski definition) is 0. The van der Waals surface area contributed by atoms with Gasteiger partial charge in [0.15, 0.2) is 18.6 Å². The fourth-order valence-electron chi connectivity index (χ4n) is 1.29. The molecule has 0 saturated heterocycles. The van der Waals surface area contributed by atoms with E-state index >= 15 is 0 Å². The summed E-state index contributed by atoms with van der Waals surface area (Å²) < 4.78 is 27.4. The highest BCUT2D eigenvalue weighted by Crippen LogP contribution is 2.18. The summed E-state index contributed by atoms with van der Waals surface area (Å²) in [7, 11) is 0. The molecule has 3 heteroatoms. The molecule has 0 amide bonds. The monoisotopic (exact) mass is 180 g/mol. The summed E-state index contributed by atoms with van der Waals surface area (Å²) in [5.74, 6) is -1.08. The Bertz CT molecular complexity index is 394. The number of hydrogen-bond acceptors (Lipinski definition) is 0. The predicted octanol–water partition coefficient (Wildman–Crippen LogP) is 2.25. The van der Waals surface area contributed by atoms with Gasteiger partial charge in [0.25, 0.3) is 0 Å². The molecule has 0 fully saturated rings. The summed E-state index contributed by atoms with van der Waals surface area (Å²) >= 11 is 0.